The summed E-state index contributed by atoms with van der Waals surface area (Å²) in [6.07, 6.45) is 3.89. The fraction of sp³-hybridized carbons (Fsp3) is 1.00. The molecule has 2 fully saturated rings. The minimum Gasteiger partial charge on any atom is -0.393 e. The highest BCUT2D eigenvalue weighted by molar-refractivity contribution is 14.1. The molecule has 4 atom stereocenters. The molecule has 52 valence electrons. The Balaban J connectivity index is 2.16. The van der Waals surface area contributed by atoms with Crippen LogP contribution in [0.5, 0.6) is 0 Å². The number of fused-ring (bicyclic) bond motifs is 2. The van der Waals surface area contributed by atoms with E-state index in [4.69, 9.17) is 0 Å². The topological polar surface area (TPSA) is 20.2 Å². The summed E-state index contributed by atoms with van der Waals surface area (Å²) < 4.78 is 0.774. The van der Waals surface area contributed by atoms with Crippen LogP contribution in [0.2, 0.25) is 0 Å². The van der Waals surface area contributed by atoms with Gasteiger partial charge >= 0.3 is 0 Å². The van der Waals surface area contributed by atoms with Gasteiger partial charge in [-0.25, -0.2) is 0 Å². The predicted molar refractivity (Wildman–Crippen MR) is 44.6 cm³/mol. The smallest absolute Gasteiger partial charge is 0.0606 e. The largest absolute Gasteiger partial charge is 0.393 e. The molecule has 2 heteroatoms. The van der Waals surface area contributed by atoms with Crippen LogP contribution in [0, 0.1) is 11.8 Å². The number of aliphatic hydroxyl groups is 1. The van der Waals surface area contributed by atoms with Gasteiger partial charge in [0.25, 0.3) is 0 Å². The van der Waals surface area contributed by atoms with E-state index in [0.717, 1.165) is 3.92 Å². The summed E-state index contributed by atoms with van der Waals surface area (Å²) in [5.41, 5.74) is 0. The Hall–Kier alpha value is 0.690. The predicted octanol–water partition coefficient (Wildman–Crippen LogP) is 1.58. The summed E-state index contributed by atoms with van der Waals surface area (Å²) >= 11 is 2.48. The quantitative estimate of drug-likeness (QED) is 0.501. The molecule has 0 heterocycles. The lowest BCUT2D eigenvalue weighted by Crippen LogP contribution is -2.14. The molecule has 0 spiro atoms. The van der Waals surface area contributed by atoms with Crippen LogP contribution in [0.1, 0.15) is 19.3 Å². The van der Waals surface area contributed by atoms with Crippen molar-refractivity contribution < 1.29 is 5.11 Å². The molecule has 0 aromatic heterocycles. The lowest BCUT2D eigenvalue weighted by atomic mass is 10.0. The Kier molecular flexibility index (Phi) is 1.49. The summed E-state index contributed by atoms with van der Waals surface area (Å²) in [5.74, 6) is 1.31. The summed E-state index contributed by atoms with van der Waals surface area (Å²) in [5, 5.41) is 9.49. The first-order chi connectivity index (χ1) is 4.29. The zero-order chi connectivity index (χ0) is 6.43. The van der Waals surface area contributed by atoms with Gasteiger partial charge in [-0.05, 0) is 31.1 Å². The maximum absolute atomic E-state index is 9.49. The molecule has 0 aromatic carbocycles. The van der Waals surface area contributed by atoms with Gasteiger partial charge in [0.1, 0.15) is 0 Å². The van der Waals surface area contributed by atoms with Crippen LogP contribution in [-0.2, 0) is 0 Å². The third-order valence-corrected chi connectivity index (χ3v) is 4.22. The van der Waals surface area contributed by atoms with Gasteiger partial charge in [0.15, 0.2) is 0 Å². The number of halogens is 1. The number of hydrogen-bond donors (Lipinski definition) is 1. The zero-order valence-corrected chi connectivity index (χ0v) is 7.41. The second-order valence-electron chi connectivity index (χ2n) is 3.24. The Labute approximate surface area is 69.0 Å². The van der Waals surface area contributed by atoms with Crippen molar-refractivity contribution in [3.63, 3.8) is 0 Å². The molecule has 2 saturated carbocycles. The molecular formula is C7H11IO. The lowest BCUT2D eigenvalue weighted by Gasteiger charge is -2.13. The van der Waals surface area contributed by atoms with Crippen LogP contribution in [0.15, 0.2) is 0 Å². The van der Waals surface area contributed by atoms with Gasteiger partial charge in [0.2, 0.25) is 0 Å². The number of alkyl halides is 1. The summed E-state index contributed by atoms with van der Waals surface area (Å²) in [7, 11) is 0. The Bertz CT molecular complexity index is 126. The van der Waals surface area contributed by atoms with E-state index in [1.807, 2.05) is 0 Å². The average molecular weight is 238 g/mol. The normalized spacial score (nSPS) is 56.7. The highest BCUT2D eigenvalue weighted by Crippen LogP contribution is 2.47. The SMILES string of the molecule is O[C@@H]1[C@H]2CC[C@H]1[C@@H](I)C2. The van der Waals surface area contributed by atoms with E-state index in [1.165, 1.54) is 19.3 Å². The van der Waals surface area contributed by atoms with Crippen LogP contribution in [0.4, 0.5) is 0 Å². The first kappa shape index (κ1) is 6.40. The summed E-state index contributed by atoms with van der Waals surface area (Å²) in [4.78, 5) is 0. The van der Waals surface area contributed by atoms with Crippen LogP contribution < -0.4 is 0 Å². The third kappa shape index (κ3) is 0.827. The minimum atomic E-state index is 0.0619. The molecule has 0 amide bonds. The van der Waals surface area contributed by atoms with Crippen LogP contribution in [0.25, 0.3) is 0 Å². The van der Waals surface area contributed by atoms with Gasteiger partial charge in [0.05, 0.1) is 6.10 Å². The first-order valence-electron chi connectivity index (χ1n) is 3.61. The number of aliphatic hydroxyl groups excluding tert-OH is 1. The summed E-state index contributed by atoms with van der Waals surface area (Å²) in [6, 6.07) is 0. The van der Waals surface area contributed by atoms with Crippen molar-refractivity contribution in [2.45, 2.75) is 29.3 Å². The van der Waals surface area contributed by atoms with E-state index in [-0.39, 0.29) is 6.10 Å². The summed E-state index contributed by atoms with van der Waals surface area (Å²) in [6.45, 7) is 0. The van der Waals surface area contributed by atoms with Crippen LogP contribution in [0.3, 0.4) is 0 Å². The molecule has 0 radical (unpaired) electrons. The fourth-order valence-corrected chi connectivity index (χ4v) is 3.65. The molecule has 2 aliphatic rings. The van der Waals surface area contributed by atoms with Crippen molar-refractivity contribution in [2.24, 2.45) is 11.8 Å². The van der Waals surface area contributed by atoms with E-state index in [1.54, 1.807) is 0 Å². The molecule has 0 unspecified atom stereocenters. The van der Waals surface area contributed by atoms with E-state index >= 15 is 0 Å². The maximum Gasteiger partial charge on any atom is 0.0606 e. The van der Waals surface area contributed by atoms with E-state index in [0.29, 0.717) is 11.8 Å². The molecular weight excluding hydrogens is 227 g/mol. The Morgan fingerprint density at radius 1 is 1.33 bits per heavy atom. The van der Waals surface area contributed by atoms with Gasteiger partial charge in [-0.3, -0.25) is 0 Å². The van der Waals surface area contributed by atoms with E-state index in [9.17, 15) is 5.11 Å². The molecule has 1 nitrogen and oxygen atoms in total. The Morgan fingerprint density at radius 3 is 2.33 bits per heavy atom. The Morgan fingerprint density at radius 2 is 2.11 bits per heavy atom. The monoisotopic (exact) mass is 238 g/mol. The molecule has 2 aliphatic carbocycles. The van der Waals surface area contributed by atoms with Gasteiger partial charge in [-0.2, -0.15) is 0 Å². The fourth-order valence-electron chi connectivity index (χ4n) is 2.21. The molecule has 1 N–H and O–H groups in total. The van der Waals surface area contributed by atoms with Crippen molar-refractivity contribution in [1.29, 1.82) is 0 Å². The third-order valence-electron chi connectivity index (χ3n) is 2.78. The average Bonchev–Trinajstić information content (AvgIpc) is 2.25. The van der Waals surface area contributed by atoms with Crippen LogP contribution in [-0.4, -0.2) is 15.1 Å². The zero-order valence-electron chi connectivity index (χ0n) is 5.26. The second-order valence-corrected chi connectivity index (χ2v) is 4.84. The van der Waals surface area contributed by atoms with Gasteiger partial charge in [-0.1, -0.05) is 22.6 Å². The second kappa shape index (κ2) is 2.09. The van der Waals surface area contributed by atoms with Crippen molar-refractivity contribution >= 4 is 22.6 Å². The van der Waals surface area contributed by atoms with Gasteiger partial charge < -0.3 is 5.11 Å². The van der Waals surface area contributed by atoms with Crippen molar-refractivity contribution in [3.05, 3.63) is 0 Å². The highest BCUT2D eigenvalue weighted by Gasteiger charge is 2.45. The molecule has 9 heavy (non-hydrogen) atoms. The lowest BCUT2D eigenvalue weighted by molar-refractivity contribution is 0.129. The first-order valence-corrected chi connectivity index (χ1v) is 4.86. The van der Waals surface area contributed by atoms with Crippen molar-refractivity contribution in [3.8, 4) is 0 Å². The highest BCUT2D eigenvalue weighted by atomic mass is 127. The van der Waals surface area contributed by atoms with Crippen LogP contribution >= 0.6 is 22.6 Å². The molecule has 0 aliphatic heterocycles. The minimum absolute atomic E-state index is 0.0619. The molecule has 0 saturated heterocycles. The standard InChI is InChI=1S/C7H11IO/c8-6-3-4-1-2-5(6)7(4)9/h4-7,9H,1-3H2/t4-,5-,6-,7+/m0/s1. The van der Waals surface area contributed by atoms with Gasteiger partial charge in [0, 0.05) is 3.92 Å². The number of hydrogen-bond acceptors (Lipinski definition) is 1. The maximum atomic E-state index is 9.49. The van der Waals surface area contributed by atoms with E-state index < -0.39 is 0 Å². The molecule has 2 bridgehead atoms. The van der Waals surface area contributed by atoms with E-state index in [2.05, 4.69) is 22.6 Å². The molecule has 0 aromatic rings. The van der Waals surface area contributed by atoms with Crippen molar-refractivity contribution in [2.75, 3.05) is 0 Å². The number of rotatable bonds is 0. The molecule has 2 rings (SSSR count). The van der Waals surface area contributed by atoms with Crippen molar-refractivity contribution in [1.82, 2.24) is 0 Å². The van der Waals surface area contributed by atoms with Gasteiger partial charge in [-0.15, -0.1) is 0 Å².